The fourth-order valence-corrected chi connectivity index (χ4v) is 0.922. The molecule has 0 amide bonds. The summed E-state index contributed by atoms with van der Waals surface area (Å²) in [4.78, 5) is 2.22. The van der Waals surface area contributed by atoms with E-state index in [0.717, 1.165) is 6.54 Å². The van der Waals surface area contributed by atoms with Gasteiger partial charge in [0, 0.05) is 12.6 Å². The number of hydrogen-bond acceptors (Lipinski definition) is 2. The van der Waals surface area contributed by atoms with E-state index in [-0.39, 0.29) is 5.92 Å². The monoisotopic (exact) mass is 168 g/mol. The normalized spacial score (nSPS) is 13.9. The molecule has 0 N–H and O–H groups in total. The lowest BCUT2D eigenvalue weighted by atomic mass is 9.97. The van der Waals surface area contributed by atoms with Crippen molar-refractivity contribution < 1.29 is 0 Å². The topological polar surface area (TPSA) is 27.0 Å². The van der Waals surface area contributed by atoms with E-state index in [1.807, 2.05) is 0 Å². The molecule has 0 heterocycles. The molecule has 0 radical (unpaired) electrons. The minimum atomic E-state index is 0.164. The second-order valence-electron chi connectivity index (χ2n) is 4.01. The van der Waals surface area contributed by atoms with E-state index in [2.05, 4.69) is 45.7 Å². The van der Waals surface area contributed by atoms with E-state index >= 15 is 0 Å². The van der Waals surface area contributed by atoms with Gasteiger partial charge in [-0.15, -0.1) is 0 Å². The molecule has 0 aromatic heterocycles. The fraction of sp³-hybridized carbons (Fsp3) is 0.900. The molecule has 0 aromatic carbocycles. The van der Waals surface area contributed by atoms with Crippen molar-refractivity contribution in [3.63, 3.8) is 0 Å². The predicted octanol–water partition coefficient (Wildman–Crippen LogP) is 2.12. The first kappa shape index (κ1) is 11.4. The van der Waals surface area contributed by atoms with Gasteiger partial charge in [0.15, 0.2) is 0 Å². The number of nitrogens with zero attached hydrogens (tertiary/aromatic N) is 2. The molecule has 2 heteroatoms. The third-order valence-electron chi connectivity index (χ3n) is 2.34. The van der Waals surface area contributed by atoms with Gasteiger partial charge in [0.25, 0.3) is 0 Å². The van der Waals surface area contributed by atoms with Crippen LogP contribution in [0.1, 0.15) is 27.7 Å². The molecule has 0 aromatic rings. The average molecular weight is 168 g/mol. The summed E-state index contributed by atoms with van der Waals surface area (Å²) in [5.41, 5.74) is 0. The average Bonchev–Trinajstić information content (AvgIpc) is 1.98. The van der Waals surface area contributed by atoms with Gasteiger partial charge in [-0.3, -0.25) is 0 Å². The van der Waals surface area contributed by atoms with Gasteiger partial charge in [0.05, 0.1) is 12.0 Å². The molecule has 0 rings (SSSR count). The molecule has 0 fully saturated rings. The molecule has 0 saturated heterocycles. The maximum atomic E-state index is 8.85. The molecular weight excluding hydrogens is 148 g/mol. The Hall–Kier alpha value is -0.550. The van der Waals surface area contributed by atoms with Crippen molar-refractivity contribution in [2.24, 2.45) is 11.8 Å². The quantitative estimate of drug-likeness (QED) is 0.643. The lowest BCUT2D eigenvalue weighted by molar-refractivity contribution is 0.228. The summed E-state index contributed by atoms with van der Waals surface area (Å²) in [6.07, 6.45) is 0. The van der Waals surface area contributed by atoms with E-state index in [1.165, 1.54) is 0 Å². The standard InChI is InChI=1S/C10H20N2/c1-8(2)10(6-11)7-12(5)9(3)4/h8-10H,7H2,1-5H3. The first-order valence-corrected chi connectivity index (χ1v) is 4.58. The summed E-state index contributed by atoms with van der Waals surface area (Å²) in [5, 5.41) is 8.85. The Morgan fingerprint density at radius 1 is 1.25 bits per heavy atom. The van der Waals surface area contributed by atoms with Crippen LogP contribution in [-0.4, -0.2) is 24.5 Å². The van der Waals surface area contributed by atoms with Crippen LogP contribution >= 0.6 is 0 Å². The molecule has 0 bridgehead atoms. The molecule has 0 aliphatic rings. The molecule has 0 aliphatic carbocycles. The van der Waals surface area contributed by atoms with E-state index in [4.69, 9.17) is 5.26 Å². The second-order valence-corrected chi connectivity index (χ2v) is 4.01. The SMILES string of the molecule is CC(C)C(C#N)CN(C)C(C)C. The molecule has 1 atom stereocenters. The van der Waals surface area contributed by atoms with Gasteiger partial charge in [-0.2, -0.15) is 5.26 Å². The zero-order chi connectivity index (χ0) is 9.72. The Labute approximate surface area is 76.2 Å². The van der Waals surface area contributed by atoms with E-state index in [1.54, 1.807) is 0 Å². The summed E-state index contributed by atoms with van der Waals surface area (Å²) < 4.78 is 0. The highest BCUT2D eigenvalue weighted by Crippen LogP contribution is 2.11. The molecular formula is C10H20N2. The number of nitriles is 1. The highest BCUT2D eigenvalue weighted by Gasteiger charge is 2.15. The third-order valence-corrected chi connectivity index (χ3v) is 2.34. The zero-order valence-electron chi connectivity index (χ0n) is 8.83. The maximum Gasteiger partial charge on any atom is 0.0672 e. The van der Waals surface area contributed by atoms with Gasteiger partial charge in [-0.25, -0.2) is 0 Å². The van der Waals surface area contributed by atoms with Crippen LogP contribution in [0.5, 0.6) is 0 Å². The maximum absolute atomic E-state index is 8.85. The smallest absolute Gasteiger partial charge is 0.0672 e. The lowest BCUT2D eigenvalue weighted by Gasteiger charge is -2.25. The lowest BCUT2D eigenvalue weighted by Crippen LogP contribution is -2.32. The Morgan fingerprint density at radius 2 is 1.75 bits per heavy atom. The third kappa shape index (κ3) is 3.73. The van der Waals surface area contributed by atoms with Crippen LogP contribution in [0.15, 0.2) is 0 Å². The van der Waals surface area contributed by atoms with Gasteiger partial charge >= 0.3 is 0 Å². The molecule has 0 spiro atoms. The summed E-state index contributed by atoms with van der Waals surface area (Å²) in [6.45, 7) is 9.37. The molecule has 0 saturated carbocycles. The minimum Gasteiger partial charge on any atom is -0.303 e. The van der Waals surface area contributed by atoms with Gasteiger partial charge in [0.1, 0.15) is 0 Å². The van der Waals surface area contributed by atoms with Gasteiger partial charge < -0.3 is 4.90 Å². The fourth-order valence-electron chi connectivity index (χ4n) is 0.922. The summed E-state index contributed by atoms with van der Waals surface area (Å²) in [6, 6.07) is 2.87. The van der Waals surface area contributed by atoms with Crippen molar-refractivity contribution in [2.45, 2.75) is 33.7 Å². The number of hydrogen-bond donors (Lipinski definition) is 0. The summed E-state index contributed by atoms with van der Waals surface area (Å²) >= 11 is 0. The van der Waals surface area contributed by atoms with Crippen molar-refractivity contribution >= 4 is 0 Å². The van der Waals surface area contributed by atoms with Gasteiger partial charge in [0.2, 0.25) is 0 Å². The van der Waals surface area contributed by atoms with Crippen LogP contribution in [-0.2, 0) is 0 Å². The van der Waals surface area contributed by atoms with Gasteiger partial charge in [-0.1, -0.05) is 13.8 Å². The summed E-state index contributed by atoms with van der Waals surface area (Å²) in [5.74, 6) is 0.619. The number of rotatable bonds is 4. The van der Waals surface area contributed by atoms with Crippen molar-refractivity contribution in [2.75, 3.05) is 13.6 Å². The molecule has 70 valence electrons. The van der Waals surface area contributed by atoms with Crippen molar-refractivity contribution in [1.82, 2.24) is 4.90 Å². The van der Waals surface area contributed by atoms with E-state index < -0.39 is 0 Å². The van der Waals surface area contributed by atoms with Crippen LogP contribution in [0, 0.1) is 23.2 Å². The van der Waals surface area contributed by atoms with Crippen LogP contribution in [0.4, 0.5) is 0 Å². The summed E-state index contributed by atoms with van der Waals surface area (Å²) in [7, 11) is 2.07. The van der Waals surface area contributed by atoms with Crippen molar-refractivity contribution in [1.29, 1.82) is 5.26 Å². The van der Waals surface area contributed by atoms with E-state index in [0.29, 0.717) is 12.0 Å². The van der Waals surface area contributed by atoms with Crippen molar-refractivity contribution in [3.05, 3.63) is 0 Å². The first-order chi connectivity index (χ1) is 5.49. The predicted molar refractivity (Wildman–Crippen MR) is 51.7 cm³/mol. The molecule has 2 nitrogen and oxygen atoms in total. The minimum absolute atomic E-state index is 0.164. The second kappa shape index (κ2) is 5.16. The van der Waals surface area contributed by atoms with Crippen LogP contribution < -0.4 is 0 Å². The van der Waals surface area contributed by atoms with Crippen molar-refractivity contribution in [3.8, 4) is 6.07 Å². The highest BCUT2D eigenvalue weighted by molar-refractivity contribution is 4.87. The van der Waals surface area contributed by atoms with Gasteiger partial charge in [-0.05, 0) is 26.8 Å². The van der Waals surface area contributed by atoms with Crippen LogP contribution in [0.3, 0.4) is 0 Å². The molecule has 12 heavy (non-hydrogen) atoms. The van der Waals surface area contributed by atoms with Crippen LogP contribution in [0.2, 0.25) is 0 Å². The first-order valence-electron chi connectivity index (χ1n) is 4.58. The molecule has 1 unspecified atom stereocenters. The Balaban J connectivity index is 3.96. The Bertz CT molecular complexity index is 156. The van der Waals surface area contributed by atoms with E-state index in [9.17, 15) is 0 Å². The Kier molecular flexibility index (Phi) is 4.92. The van der Waals surface area contributed by atoms with Crippen LogP contribution in [0.25, 0.3) is 0 Å². The Morgan fingerprint density at radius 3 is 2.00 bits per heavy atom. The zero-order valence-corrected chi connectivity index (χ0v) is 8.83. The largest absolute Gasteiger partial charge is 0.303 e. The molecule has 0 aliphatic heterocycles. The highest BCUT2D eigenvalue weighted by atomic mass is 15.1.